The Labute approximate surface area is 83.2 Å². The van der Waals surface area contributed by atoms with Crippen molar-refractivity contribution < 1.29 is 4.39 Å². The third-order valence-corrected chi connectivity index (χ3v) is 2.28. The molecule has 2 nitrogen and oxygen atoms in total. The number of hydrogen-bond donors (Lipinski definition) is 1. The maximum atomic E-state index is 13.0. The molecule has 14 heavy (non-hydrogen) atoms. The number of hydrogen-bond acceptors (Lipinski definition) is 2. The van der Waals surface area contributed by atoms with Gasteiger partial charge in [0, 0.05) is 0 Å². The van der Waals surface area contributed by atoms with Crippen molar-refractivity contribution >= 4 is 0 Å². The van der Waals surface area contributed by atoms with E-state index in [1.807, 2.05) is 13.0 Å². The molecule has 74 valence electrons. The molecule has 0 bridgehead atoms. The van der Waals surface area contributed by atoms with Gasteiger partial charge in [-0.05, 0) is 36.6 Å². The minimum absolute atomic E-state index is 0.103. The summed E-state index contributed by atoms with van der Waals surface area (Å²) in [7, 11) is 0. The van der Waals surface area contributed by atoms with Gasteiger partial charge < -0.3 is 5.73 Å². The predicted molar refractivity (Wildman–Crippen MR) is 53.2 cm³/mol. The molecule has 0 saturated heterocycles. The van der Waals surface area contributed by atoms with Gasteiger partial charge in [-0.15, -0.1) is 0 Å². The second-order valence-corrected chi connectivity index (χ2v) is 3.33. The minimum Gasteiger partial charge on any atom is -0.330 e. The Balaban J connectivity index is 2.95. The molecule has 1 aromatic carbocycles. The van der Waals surface area contributed by atoms with E-state index in [0.717, 1.165) is 12.0 Å². The molecule has 0 aromatic heterocycles. The third-order valence-electron chi connectivity index (χ3n) is 2.28. The summed E-state index contributed by atoms with van der Waals surface area (Å²) >= 11 is 0. The summed E-state index contributed by atoms with van der Waals surface area (Å²) in [6.45, 7) is 2.61. The van der Waals surface area contributed by atoms with Crippen molar-refractivity contribution in [2.75, 3.05) is 6.54 Å². The molecule has 0 aliphatic rings. The van der Waals surface area contributed by atoms with Crippen molar-refractivity contribution in [2.24, 2.45) is 5.73 Å². The lowest BCUT2D eigenvalue weighted by Crippen LogP contribution is -2.05. The van der Waals surface area contributed by atoms with Gasteiger partial charge in [0.2, 0.25) is 0 Å². The van der Waals surface area contributed by atoms with Crippen LogP contribution in [0.5, 0.6) is 0 Å². The van der Waals surface area contributed by atoms with E-state index in [0.29, 0.717) is 6.54 Å². The highest BCUT2D eigenvalue weighted by molar-refractivity contribution is 5.35. The summed E-state index contributed by atoms with van der Waals surface area (Å²) in [6.07, 6.45) is 0.844. The van der Waals surface area contributed by atoms with Crippen LogP contribution in [0.3, 0.4) is 0 Å². The van der Waals surface area contributed by atoms with E-state index in [9.17, 15) is 4.39 Å². The zero-order valence-corrected chi connectivity index (χ0v) is 8.13. The Morgan fingerprint density at radius 2 is 2.29 bits per heavy atom. The zero-order chi connectivity index (χ0) is 10.6. The summed E-state index contributed by atoms with van der Waals surface area (Å²) in [6, 6.07) is 6.46. The molecule has 0 aliphatic carbocycles. The molecule has 1 unspecified atom stereocenters. The molecule has 1 aromatic rings. The smallest absolute Gasteiger partial charge is 0.140 e. The molecular weight excluding hydrogens is 179 g/mol. The lowest BCUT2D eigenvalue weighted by atomic mass is 9.96. The van der Waals surface area contributed by atoms with Gasteiger partial charge in [-0.1, -0.05) is 13.0 Å². The summed E-state index contributed by atoms with van der Waals surface area (Å²) in [4.78, 5) is 0. The normalized spacial score (nSPS) is 12.1. The number of rotatable bonds is 3. The maximum Gasteiger partial charge on any atom is 0.140 e. The van der Waals surface area contributed by atoms with Gasteiger partial charge in [-0.3, -0.25) is 0 Å². The van der Waals surface area contributed by atoms with Gasteiger partial charge in [-0.2, -0.15) is 5.26 Å². The van der Waals surface area contributed by atoms with Crippen LogP contribution in [0.4, 0.5) is 4.39 Å². The molecule has 1 rings (SSSR count). The zero-order valence-electron chi connectivity index (χ0n) is 8.13. The highest BCUT2D eigenvalue weighted by atomic mass is 19.1. The van der Waals surface area contributed by atoms with Gasteiger partial charge in [0.25, 0.3) is 0 Å². The van der Waals surface area contributed by atoms with E-state index in [-0.39, 0.29) is 11.5 Å². The van der Waals surface area contributed by atoms with E-state index < -0.39 is 5.82 Å². The summed E-state index contributed by atoms with van der Waals surface area (Å²) in [5.41, 5.74) is 6.50. The number of nitrogens with zero attached hydrogens (tertiary/aromatic N) is 1. The van der Waals surface area contributed by atoms with Crippen molar-refractivity contribution in [2.45, 2.75) is 19.3 Å². The maximum absolute atomic E-state index is 13.0. The van der Waals surface area contributed by atoms with E-state index in [1.54, 1.807) is 12.1 Å². The Morgan fingerprint density at radius 1 is 1.57 bits per heavy atom. The molecular formula is C11H13FN2. The predicted octanol–water partition coefficient (Wildman–Crippen LogP) is 2.15. The molecule has 0 spiro atoms. The summed E-state index contributed by atoms with van der Waals surface area (Å²) < 4.78 is 13.0. The van der Waals surface area contributed by atoms with Crippen LogP contribution < -0.4 is 5.73 Å². The van der Waals surface area contributed by atoms with Crippen LogP contribution in [-0.4, -0.2) is 6.54 Å². The van der Waals surface area contributed by atoms with Crippen LogP contribution >= 0.6 is 0 Å². The first-order valence-corrected chi connectivity index (χ1v) is 4.58. The molecule has 0 heterocycles. The topological polar surface area (TPSA) is 49.8 Å². The number of halogens is 1. The van der Waals surface area contributed by atoms with Crippen LogP contribution in [0.1, 0.15) is 30.4 Å². The molecule has 0 aliphatic heterocycles. The third kappa shape index (κ3) is 2.30. The fraction of sp³-hybridized carbons (Fsp3) is 0.364. The van der Waals surface area contributed by atoms with Crippen LogP contribution in [0.15, 0.2) is 18.2 Å². The molecule has 0 saturated carbocycles. The van der Waals surface area contributed by atoms with Gasteiger partial charge in [0.1, 0.15) is 11.9 Å². The first-order valence-electron chi connectivity index (χ1n) is 4.58. The standard InChI is InChI=1S/C11H13FN2/c1-8(4-5-13)9-2-3-11(12)10(6-9)7-14/h2-3,6,8H,4-5,13H2,1H3. The van der Waals surface area contributed by atoms with Crippen LogP contribution in [-0.2, 0) is 0 Å². The lowest BCUT2D eigenvalue weighted by Gasteiger charge is -2.10. The Bertz CT molecular complexity index is 355. The average Bonchev–Trinajstić information content (AvgIpc) is 2.19. The second kappa shape index (κ2) is 4.73. The fourth-order valence-electron chi connectivity index (χ4n) is 1.35. The fourth-order valence-corrected chi connectivity index (χ4v) is 1.35. The van der Waals surface area contributed by atoms with Crippen molar-refractivity contribution in [3.63, 3.8) is 0 Å². The first kappa shape index (κ1) is 10.7. The second-order valence-electron chi connectivity index (χ2n) is 3.33. The molecule has 3 heteroatoms. The van der Waals surface area contributed by atoms with Crippen molar-refractivity contribution in [1.29, 1.82) is 5.26 Å². The van der Waals surface area contributed by atoms with Crippen LogP contribution in [0.2, 0.25) is 0 Å². The molecule has 2 N–H and O–H groups in total. The van der Waals surface area contributed by atoms with Crippen molar-refractivity contribution in [3.05, 3.63) is 35.1 Å². The highest BCUT2D eigenvalue weighted by Gasteiger charge is 2.08. The molecule has 0 amide bonds. The minimum atomic E-state index is -0.462. The molecule has 0 fully saturated rings. The van der Waals surface area contributed by atoms with E-state index in [2.05, 4.69) is 0 Å². The van der Waals surface area contributed by atoms with Crippen molar-refractivity contribution in [3.8, 4) is 6.07 Å². The SMILES string of the molecule is CC(CCN)c1ccc(F)c(C#N)c1. The lowest BCUT2D eigenvalue weighted by molar-refractivity contribution is 0.619. The quantitative estimate of drug-likeness (QED) is 0.797. The number of nitriles is 1. The van der Waals surface area contributed by atoms with E-state index in [4.69, 9.17) is 11.0 Å². The Morgan fingerprint density at radius 3 is 2.86 bits per heavy atom. The first-order chi connectivity index (χ1) is 6.69. The van der Waals surface area contributed by atoms with Crippen LogP contribution in [0, 0.1) is 17.1 Å². The van der Waals surface area contributed by atoms with Gasteiger partial charge >= 0.3 is 0 Å². The van der Waals surface area contributed by atoms with Gasteiger partial charge in [-0.25, -0.2) is 4.39 Å². The van der Waals surface area contributed by atoms with Gasteiger partial charge in [0.15, 0.2) is 0 Å². The summed E-state index contributed by atoms with van der Waals surface area (Å²) in [5, 5.41) is 8.64. The van der Waals surface area contributed by atoms with Crippen molar-refractivity contribution in [1.82, 2.24) is 0 Å². The van der Waals surface area contributed by atoms with Crippen LogP contribution in [0.25, 0.3) is 0 Å². The number of nitrogens with two attached hydrogens (primary N) is 1. The van der Waals surface area contributed by atoms with Gasteiger partial charge in [0.05, 0.1) is 5.56 Å². The molecule has 0 radical (unpaired) electrons. The Hall–Kier alpha value is -1.40. The summed E-state index contributed by atoms with van der Waals surface area (Å²) in [5.74, 6) is -0.191. The van der Waals surface area contributed by atoms with E-state index in [1.165, 1.54) is 6.07 Å². The average molecular weight is 192 g/mol. The van der Waals surface area contributed by atoms with E-state index >= 15 is 0 Å². The Kier molecular flexibility index (Phi) is 3.61. The molecule has 1 atom stereocenters. The monoisotopic (exact) mass is 192 g/mol. The highest BCUT2D eigenvalue weighted by Crippen LogP contribution is 2.20. The largest absolute Gasteiger partial charge is 0.330 e. The number of benzene rings is 1.